The van der Waals surface area contributed by atoms with Crippen molar-refractivity contribution in [2.45, 2.75) is 18.9 Å². The number of rotatable bonds is 2. The summed E-state index contributed by atoms with van der Waals surface area (Å²) in [4.78, 5) is 15.5. The van der Waals surface area contributed by atoms with E-state index in [2.05, 4.69) is 15.6 Å². The molecule has 0 unspecified atom stereocenters. The number of hydrogen-bond donors (Lipinski definition) is 2. The largest absolute Gasteiger partial charge is 0.325 e. The van der Waals surface area contributed by atoms with Crippen molar-refractivity contribution in [1.82, 2.24) is 10.3 Å². The molecule has 1 aliphatic heterocycles. The van der Waals surface area contributed by atoms with Crippen molar-refractivity contribution in [1.29, 1.82) is 0 Å². The van der Waals surface area contributed by atoms with Crippen LogP contribution < -0.4 is 10.6 Å². The molecule has 1 aromatic rings. The molecule has 0 saturated carbocycles. The predicted molar refractivity (Wildman–Crippen MR) is 53.9 cm³/mol. The van der Waals surface area contributed by atoms with Crippen LogP contribution in [0.3, 0.4) is 0 Å². The summed E-state index contributed by atoms with van der Waals surface area (Å²) in [5.41, 5.74) is 0.804. The van der Waals surface area contributed by atoms with Crippen molar-refractivity contribution in [2.24, 2.45) is 0 Å². The summed E-state index contributed by atoms with van der Waals surface area (Å²) in [7, 11) is 0. The summed E-state index contributed by atoms with van der Waals surface area (Å²) in [6.07, 6.45) is 5.33. The maximum atomic E-state index is 11.6. The highest BCUT2D eigenvalue weighted by molar-refractivity contribution is 5.94. The molecule has 0 spiro atoms. The van der Waals surface area contributed by atoms with E-state index in [4.69, 9.17) is 0 Å². The maximum absolute atomic E-state index is 11.6. The molecule has 4 nitrogen and oxygen atoms in total. The Morgan fingerprint density at radius 1 is 1.50 bits per heavy atom. The lowest BCUT2D eigenvalue weighted by molar-refractivity contribution is -0.117. The average molecular weight is 191 g/mol. The molecule has 1 aliphatic rings. The quantitative estimate of drug-likeness (QED) is 0.726. The molecule has 1 aromatic heterocycles. The molecule has 2 rings (SSSR count). The van der Waals surface area contributed by atoms with E-state index in [1.54, 1.807) is 24.5 Å². The van der Waals surface area contributed by atoms with Crippen molar-refractivity contribution < 1.29 is 4.79 Å². The smallest absolute Gasteiger partial charge is 0.241 e. The van der Waals surface area contributed by atoms with Gasteiger partial charge in [-0.05, 0) is 31.5 Å². The summed E-state index contributed by atoms with van der Waals surface area (Å²) in [5, 5.41) is 5.99. The average Bonchev–Trinajstić information content (AvgIpc) is 2.72. The number of anilines is 1. The summed E-state index contributed by atoms with van der Waals surface area (Å²) < 4.78 is 0. The van der Waals surface area contributed by atoms with Gasteiger partial charge in [0.2, 0.25) is 5.91 Å². The van der Waals surface area contributed by atoms with Gasteiger partial charge >= 0.3 is 0 Å². The second kappa shape index (κ2) is 4.19. The molecule has 14 heavy (non-hydrogen) atoms. The van der Waals surface area contributed by atoms with E-state index in [0.29, 0.717) is 0 Å². The first-order chi connectivity index (χ1) is 6.86. The lowest BCUT2D eigenvalue weighted by Gasteiger charge is -2.10. The number of nitrogens with zero attached hydrogens (tertiary/aromatic N) is 1. The summed E-state index contributed by atoms with van der Waals surface area (Å²) in [6.45, 7) is 0.939. The Kier molecular flexibility index (Phi) is 2.74. The fourth-order valence-corrected chi connectivity index (χ4v) is 1.57. The zero-order chi connectivity index (χ0) is 9.80. The van der Waals surface area contributed by atoms with Gasteiger partial charge in [-0.15, -0.1) is 0 Å². The minimum absolute atomic E-state index is 0.0248. The molecule has 74 valence electrons. The lowest BCUT2D eigenvalue weighted by Crippen LogP contribution is -2.35. The van der Waals surface area contributed by atoms with Crippen molar-refractivity contribution in [2.75, 3.05) is 11.9 Å². The van der Waals surface area contributed by atoms with E-state index in [1.807, 2.05) is 0 Å². The van der Waals surface area contributed by atoms with Crippen LogP contribution in [-0.2, 0) is 4.79 Å². The van der Waals surface area contributed by atoms with Gasteiger partial charge < -0.3 is 10.6 Å². The molecule has 2 heterocycles. The number of hydrogen-bond acceptors (Lipinski definition) is 3. The van der Waals surface area contributed by atoms with Gasteiger partial charge in [-0.2, -0.15) is 0 Å². The molecule has 0 bridgehead atoms. The maximum Gasteiger partial charge on any atom is 0.241 e. The first-order valence-electron chi connectivity index (χ1n) is 4.80. The number of amides is 1. The van der Waals surface area contributed by atoms with Crippen LogP contribution in [0, 0.1) is 0 Å². The first-order valence-corrected chi connectivity index (χ1v) is 4.80. The van der Waals surface area contributed by atoms with Crippen LogP contribution in [0.25, 0.3) is 0 Å². The number of pyridine rings is 1. The molecule has 2 N–H and O–H groups in total. The molecule has 1 fully saturated rings. The molecule has 0 aromatic carbocycles. The second-order valence-corrected chi connectivity index (χ2v) is 3.37. The van der Waals surface area contributed by atoms with Crippen LogP contribution in [0.4, 0.5) is 5.69 Å². The SMILES string of the molecule is O=C(Nc1ccncc1)[C@H]1CCCN1. The number of aromatic nitrogens is 1. The Balaban J connectivity index is 1.94. The van der Waals surface area contributed by atoms with Gasteiger partial charge in [-0.1, -0.05) is 0 Å². The lowest BCUT2D eigenvalue weighted by atomic mass is 10.2. The van der Waals surface area contributed by atoms with Gasteiger partial charge in [0.1, 0.15) is 0 Å². The topological polar surface area (TPSA) is 54.0 Å². The summed E-state index contributed by atoms with van der Waals surface area (Å²) >= 11 is 0. The highest BCUT2D eigenvalue weighted by Gasteiger charge is 2.21. The van der Waals surface area contributed by atoms with E-state index in [1.165, 1.54) is 0 Å². The number of carbonyl (C=O) groups is 1. The van der Waals surface area contributed by atoms with Crippen LogP contribution in [0.15, 0.2) is 24.5 Å². The number of nitrogens with one attached hydrogen (secondary N) is 2. The van der Waals surface area contributed by atoms with Crippen LogP contribution in [-0.4, -0.2) is 23.5 Å². The number of carbonyl (C=O) groups excluding carboxylic acids is 1. The molecule has 0 radical (unpaired) electrons. The molecular formula is C10H13N3O. The fourth-order valence-electron chi connectivity index (χ4n) is 1.57. The van der Waals surface area contributed by atoms with Gasteiger partial charge in [0, 0.05) is 18.1 Å². The Morgan fingerprint density at radius 3 is 2.93 bits per heavy atom. The standard InChI is InChI=1S/C10H13N3O/c14-10(9-2-1-5-12-9)13-8-3-6-11-7-4-8/h3-4,6-7,9,12H,1-2,5H2,(H,11,13,14)/t9-/m1/s1. The van der Waals surface area contributed by atoms with E-state index in [9.17, 15) is 4.79 Å². The Morgan fingerprint density at radius 2 is 2.29 bits per heavy atom. The molecular weight excluding hydrogens is 178 g/mol. The van der Waals surface area contributed by atoms with Crippen LogP contribution in [0.5, 0.6) is 0 Å². The normalized spacial score (nSPS) is 20.7. The second-order valence-electron chi connectivity index (χ2n) is 3.37. The van der Waals surface area contributed by atoms with E-state index >= 15 is 0 Å². The van der Waals surface area contributed by atoms with Crippen molar-refractivity contribution >= 4 is 11.6 Å². The Bertz CT molecular complexity index is 306. The molecule has 4 heteroatoms. The third kappa shape index (κ3) is 2.09. The zero-order valence-electron chi connectivity index (χ0n) is 7.86. The minimum Gasteiger partial charge on any atom is -0.325 e. The van der Waals surface area contributed by atoms with Crippen LogP contribution >= 0.6 is 0 Å². The van der Waals surface area contributed by atoms with Crippen molar-refractivity contribution in [3.63, 3.8) is 0 Å². The molecule has 1 atom stereocenters. The Labute approximate surface area is 82.7 Å². The summed E-state index contributed by atoms with van der Waals surface area (Å²) in [6, 6.07) is 3.54. The van der Waals surface area contributed by atoms with E-state index in [0.717, 1.165) is 25.1 Å². The first kappa shape index (κ1) is 9.15. The van der Waals surface area contributed by atoms with E-state index in [-0.39, 0.29) is 11.9 Å². The van der Waals surface area contributed by atoms with Gasteiger partial charge in [0.05, 0.1) is 6.04 Å². The summed E-state index contributed by atoms with van der Waals surface area (Å²) in [5.74, 6) is 0.0497. The van der Waals surface area contributed by atoms with Crippen LogP contribution in [0.2, 0.25) is 0 Å². The van der Waals surface area contributed by atoms with Gasteiger partial charge in [-0.25, -0.2) is 0 Å². The third-order valence-electron chi connectivity index (χ3n) is 2.32. The Hall–Kier alpha value is -1.42. The minimum atomic E-state index is -0.0248. The van der Waals surface area contributed by atoms with Gasteiger partial charge in [0.15, 0.2) is 0 Å². The van der Waals surface area contributed by atoms with Crippen molar-refractivity contribution in [3.8, 4) is 0 Å². The van der Waals surface area contributed by atoms with Crippen LogP contribution in [0.1, 0.15) is 12.8 Å². The highest BCUT2D eigenvalue weighted by Crippen LogP contribution is 2.09. The molecule has 0 aliphatic carbocycles. The van der Waals surface area contributed by atoms with Gasteiger partial charge in [-0.3, -0.25) is 9.78 Å². The fraction of sp³-hybridized carbons (Fsp3) is 0.400. The zero-order valence-corrected chi connectivity index (χ0v) is 7.86. The highest BCUT2D eigenvalue weighted by atomic mass is 16.2. The van der Waals surface area contributed by atoms with Crippen molar-refractivity contribution in [3.05, 3.63) is 24.5 Å². The predicted octanol–water partition coefficient (Wildman–Crippen LogP) is 0.772. The van der Waals surface area contributed by atoms with E-state index < -0.39 is 0 Å². The molecule has 1 amide bonds. The molecule has 1 saturated heterocycles. The third-order valence-corrected chi connectivity index (χ3v) is 2.32. The monoisotopic (exact) mass is 191 g/mol. The van der Waals surface area contributed by atoms with Gasteiger partial charge in [0.25, 0.3) is 0 Å².